The molecular formula is C16H25N5. The van der Waals surface area contributed by atoms with E-state index in [0.29, 0.717) is 12.0 Å². The van der Waals surface area contributed by atoms with Crippen molar-refractivity contribution in [3.05, 3.63) is 24.3 Å². The van der Waals surface area contributed by atoms with Crippen molar-refractivity contribution in [2.45, 2.75) is 26.3 Å². The third-order valence-corrected chi connectivity index (χ3v) is 3.69. The van der Waals surface area contributed by atoms with Crippen molar-refractivity contribution in [3.63, 3.8) is 0 Å². The van der Waals surface area contributed by atoms with E-state index in [9.17, 15) is 0 Å². The van der Waals surface area contributed by atoms with Gasteiger partial charge in [0.1, 0.15) is 5.82 Å². The van der Waals surface area contributed by atoms with Gasteiger partial charge in [-0.25, -0.2) is 4.98 Å². The summed E-state index contributed by atoms with van der Waals surface area (Å²) in [6.07, 6.45) is 1.09. The molecule has 2 aromatic rings. The van der Waals surface area contributed by atoms with Crippen LogP contribution in [0.5, 0.6) is 0 Å². The van der Waals surface area contributed by atoms with E-state index < -0.39 is 0 Å². The van der Waals surface area contributed by atoms with Crippen molar-refractivity contribution in [3.8, 4) is 0 Å². The average Bonchev–Trinajstić information content (AvgIpc) is 2.50. The van der Waals surface area contributed by atoms with Gasteiger partial charge in [-0.3, -0.25) is 0 Å². The van der Waals surface area contributed by atoms with Crippen LogP contribution in [-0.2, 0) is 0 Å². The molecule has 2 rings (SSSR count). The number of hydrogen-bond acceptors (Lipinski definition) is 5. The Hall–Kier alpha value is -1.88. The van der Waals surface area contributed by atoms with Gasteiger partial charge in [-0.15, -0.1) is 0 Å². The smallest absolute Gasteiger partial charge is 0.224 e. The number of nitrogens with zero attached hydrogens (tertiary/aromatic N) is 3. The summed E-state index contributed by atoms with van der Waals surface area (Å²) in [7, 11) is 4.00. The summed E-state index contributed by atoms with van der Waals surface area (Å²) in [5.41, 5.74) is 0.957. The molecule has 0 spiro atoms. The number of aromatic nitrogens is 2. The Morgan fingerprint density at radius 2 is 1.95 bits per heavy atom. The highest BCUT2D eigenvalue weighted by molar-refractivity contribution is 5.89. The van der Waals surface area contributed by atoms with Crippen LogP contribution in [0.4, 0.5) is 11.8 Å². The maximum absolute atomic E-state index is 4.52. The first-order chi connectivity index (χ1) is 10.1. The van der Waals surface area contributed by atoms with Crippen LogP contribution < -0.4 is 10.6 Å². The molecule has 1 aromatic carbocycles. The van der Waals surface area contributed by atoms with E-state index in [1.807, 2.05) is 25.2 Å². The van der Waals surface area contributed by atoms with E-state index in [0.717, 1.165) is 36.2 Å². The number of anilines is 2. The SMILES string of the molecule is CNc1nc(NCCCN(C)C(C)C)c2ccccc2n1. The predicted octanol–water partition coefficient (Wildman–Crippen LogP) is 2.81. The Kier molecular flexibility index (Phi) is 5.33. The lowest BCUT2D eigenvalue weighted by Gasteiger charge is -2.20. The molecule has 0 saturated heterocycles. The van der Waals surface area contributed by atoms with Crippen LogP contribution in [0.3, 0.4) is 0 Å². The summed E-state index contributed by atoms with van der Waals surface area (Å²) in [4.78, 5) is 11.3. The highest BCUT2D eigenvalue weighted by Gasteiger charge is 2.07. The lowest BCUT2D eigenvalue weighted by molar-refractivity contribution is 0.273. The molecule has 1 heterocycles. The molecule has 0 amide bonds. The number of fused-ring (bicyclic) bond motifs is 1. The highest BCUT2D eigenvalue weighted by Crippen LogP contribution is 2.21. The molecule has 0 radical (unpaired) electrons. The van der Waals surface area contributed by atoms with E-state index in [-0.39, 0.29) is 0 Å². The van der Waals surface area contributed by atoms with Crippen LogP contribution in [0.25, 0.3) is 10.9 Å². The molecule has 114 valence electrons. The Balaban J connectivity index is 2.04. The van der Waals surface area contributed by atoms with Crippen molar-refractivity contribution in [2.75, 3.05) is 37.8 Å². The minimum Gasteiger partial charge on any atom is -0.369 e. The van der Waals surface area contributed by atoms with Crippen molar-refractivity contribution in [1.29, 1.82) is 0 Å². The first kappa shape index (κ1) is 15.5. The van der Waals surface area contributed by atoms with Crippen molar-refractivity contribution >= 4 is 22.7 Å². The molecule has 5 nitrogen and oxygen atoms in total. The Morgan fingerprint density at radius 1 is 1.19 bits per heavy atom. The molecule has 0 atom stereocenters. The second kappa shape index (κ2) is 7.22. The predicted molar refractivity (Wildman–Crippen MR) is 90.0 cm³/mol. The second-order valence-corrected chi connectivity index (χ2v) is 5.52. The molecule has 1 aromatic heterocycles. The fourth-order valence-corrected chi connectivity index (χ4v) is 2.12. The van der Waals surface area contributed by atoms with Gasteiger partial charge in [-0.05, 0) is 46.0 Å². The fraction of sp³-hybridized carbons (Fsp3) is 0.500. The van der Waals surface area contributed by atoms with Gasteiger partial charge in [0.15, 0.2) is 0 Å². The van der Waals surface area contributed by atoms with Gasteiger partial charge in [-0.1, -0.05) is 12.1 Å². The zero-order valence-corrected chi connectivity index (χ0v) is 13.3. The average molecular weight is 287 g/mol. The van der Waals surface area contributed by atoms with Gasteiger partial charge < -0.3 is 15.5 Å². The van der Waals surface area contributed by atoms with E-state index in [4.69, 9.17) is 0 Å². The van der Waals surface area contributed by atoms with Crippen LogP contribution in [0.15, 0.2) is 24.3 Å². The number of para-hydroxylation sites is 1. The van der Waals surface area contributed by atoms with Crippen molar-refractivity contribution < 1.29 is 0 Å². The second-order valence-electron chi connectivity index (χ2n) is 5.52. The van der Waals surface area contributed by atoms with Crippen LogP contribution in [0, 0.1) is 0 Å². The Bertz CT molecular complexity index is 582. The lowest BCUT2D eigenvalue weighted by atomic mass is 10.2. The summed E-state index contributed by atoms with van der Waals surface area (Å²) in [6, 6.07) is 8.66. The topological polar surface area (TPSA) is 53.1 Å². The quantitative estimate of drug-likeness (QED) is 0.767. The zero-order valence-electron chi connectivity index (χ0n) is 13.3. The van der Waals surface area contributed by atoms with Crippen LogP contribution >= 0.6 is 0 Å². The highest BCUT2D eigenvalue weighted by atomic mass is 15.1. The molecule has 2 N–H and O–H groups in total. The summed E-state index contributed by atoms with van der Waals surface area (Å²) < 4.78 is 0. The minimum atomic E-state index is 0.584. The third-order valence-electron chi connectivity index (χ3n) is 3.69. The van der Waals surface area contributed by atoms with Crippen LogP contribution in [0.1, 0.15) is 20.3 Å². The van der Waals surface area contributed by atoms with Crippen molar-refractivity contribution in [1.82, 2.24) is 14.9 Å². The minimum absolute atomic E-state index is 0.584. The van der Waals surface area contributed by atoms with Gasteiger partial charge in [0.25, 0.3) is 0 Å². The van der Waals surface area contributed by atoms with E-state index >= 15 is 0 Å². The summed E-state index contributed by atoms with van der Waals surface area (Å²) in [5, 5.41) is 7.52. The fourth-order valence-electron chi connectivity index (χ4n) is 2.12. The number of benzene rings is 1. The molecule has 0 aliphatic heterocycles. The summed E-state index contributed by atoms with van der Waals surface area (Å²) >= 11 is 0. The first-order valence-corrected chi connectivity index (χ1v) is 7.50. The Morgan fingerprint density at radius 3 is 2.67 bits per heavy atom. The standard InChI is InChI=1S/C16H25N5/c1-12(2)21(4)11-7-10-18-15-13-8-5-6-9-14(13)19-16(17-3)20-15/h5-6,8-9,12H,7,10-11H2,1-4H3,(H2,17,18,19,20). The number of rotatable bonds is 7. The van der Waals surface area contributed by atoms with Gasteiger partial charge in [0.2, 0.25) is 5.95 Å². The molecule has 0 aliphatic rings. The van der Waals surface area contributed by atoms with Gasteiger partial charge in [0.05, 0.1) is 5.52 Å². The van der Waals surface area contributed by atoms with Crippen LogP contribution in [-0.4, -0.2) is 48.1 Å². The van der Waals surface area contributed by atoms with Crippen LogP contribution in [0.2, 0.25) is 0 Å². The van der Waals surface area contributed by atoms with E-state index in [1.165, 1.54) is 0 Å². The van der Waals surface area contributed by atoms with Gasteiger partial charge >= 0.3 is 0 Å². The molecule has 0 aliphatic carbocycles. The molecule has 0 bridgehead atoms. The maximum Gasteiger partial charge on any atom is 0.224 e. The van der Waals surface area contributed by atoms with Gasteiger partial charge in [0, 0.05) is 25.0 Å². The summed E-state index contributed by atoms with van der Waals surface area (Å²) in [5.74, 6) is 1.55. The normalized spacial score (nSPS) is 11.3. The zero-order chi connectivity index (χ0) is 15.2. The van der Waals surface area contributed by atoms with E-state index in [2.05, 4.69) is 52.5 Å². The number of nitrogens with one attached hydrogen (secondary N) is 2. The molecular weight excluding hydrogens is 262 g/mol. The Labute approximate surface area is 126 Å². The molecule has 0 saturated carbocycles. The van der Waals surface area contributed by atoms with E-state index in [1.54, 1.807) is 0 Å². The molecule has 21 heavy (non-hydrogen) atoms. The third kappa shape index (κ3) is 4.04. The van der Waals surface area contributed by atoms with Crippen molar-refractivity contribution in [2.24, 2.45) is 0 Å². The molecule has 0 fully saturated rings. The molecule has 0 unspecified atom stereocenters. The maximum atomic E-state index is 4.52. The largest absolute Gasteiger partial charge is 0.369 e. The lowest BCUT2D eigenvalue weighted by Crippen LogP contribution is -2.28. The monoisotopic (exact) mass is 287 g/mol. The first-order valence-electron chi connectivity index (χ1n) is 7.50. The molecule has 5 heteroatoms. The van der Waals surface area contributed by atoms with Gasteiger partial charge in [-0.2, -0.15) is 4.98 Å². The number of hydrogen-bond donors (Lipinski definition) is 2. The summed E-state index contributed by atoms with van der Waals surface area (Å²) in [6.45, 7) is 6.41.